The van der Waals surface area contributed by atoms with E-state index in [9.17, 15) is 9.59 Å². The number of aryl methyl sites for hydroxylation is 1. The van der Waals surface area contributed by atoms with Crippen LogP contribution in [0.2, 0.25) is 0 Å². The van der Waals surface area contributed by atoms with Crippen molar-refractivity contribution in [3.63, 3.8) is 0 Å². The standard InChI is InChI=1S/C20H24N2O3/c1-4-5-12-25-19-9-7-6-8-17(19)20(24)22-16-11-10-14(2)18(13-16)21-15(3)23/h6-11,13H,4-5,12H2,1-3H3,(H,21,23)(H,22,24). The van der Waals surface area contributed by atoms with Crippen molar-refractivity contribution in [2.75, 3.05) is 17.2 Å². The number of para-hydroxylation sites is 1. The smallest absolute Gasteiger partial charge is 0.259 e. The van der Waals surface area contributed by atoms with Crippen molar-refractivity contribution in [2.24, 2.45) is 0 Å². The van der Waals surface area contributed by atoms with Gasteiger partial charge >= 0.3 is 0 Å². The molecule has 0 fully saturated rings. The lowest BCUT2D eigenvalue weighted by Gasteiger charge is -2.13. The van der Waals surface area contributed by atoms with Crippen molar-refractivity contribution in [1.29, 1.82) is 0 Å². The van der Waals surface area contributed by atoms with Crippen molar-refractivity contribution >= 4 is 23.2 Å². The molecule has 2 aromatic rings. The number of benzene rings is 2. The highest BCUT2D eigenvalue weighted by Gasteiger charge is 2.13. The zero-order valence-corrected chi connectivity index (χ0v) is 14.9. The molecule has 0 aliphatic rings. The first-order valence-electron chi connectivity index (χ1n) is 8.42. The molecular formula is C20H24N2O3. The van der Waals surface area contributed by atoms with Crippen molar-refractivity contribution in [3.8, 4) is 5.75 Å². The van der Waals surface area contributed by atoms with Gasteiger partial charge in [-0.05, 0) is 43.2 Å². The fourth-order valence-electron chi connectivity index (χ4n) is 2.33. The van der Waals surface area contributed by atoms with Crippen LogP contribution >= 0.6 is 0 Å². The predicted molar refractivity (Wildman–Crippen MR) is 100 cm³/mol. The molecule has 0 aromatic heterocycles. The summed E-state index contributed by atoms with van der Waals surface area (Å²) in [6.45, 7) is 6.02. The normalized spacial score (nSPS) is 10.2. The summed E-state index contributed by atoms with van der Waals surface area (Å²) in [7, 11) is 0. The maximum atomic E-state index is 12.6. The second-order valence-corrected chi connectivity index (χ2v) is 5.86. The van der Waals surface area contributed by atoms with Crippen molar-refractivity contribution in [3.05, 3.63) is 53.6 Å². The summed E-state index contributed by atoms with van der Waals surface area (Å²) < 4.78 is 5.71. The first-order chi connectivity index (χ1) is 12.0. The molecule has 0 saturated heterocycles. The molecule has 2 rings (SSSR count). The largest absolute Gasteiger partial charge is 0.493 e. The SMILES string of the molecule is CCCCOc1ccccc1C(=O)Nc1ccc(C)c(NC(C)=O)c1. The number of ether oxygens (including phenoxy) is 1. The quantitative estimate of drug-likeness (QED) is 0.735. The second kappa shape index (κ2) is 8.87. The van der Waals surface area contributed by atoms with E-state index < -0.39 is 0 Å². The lowest BCUT2D eigenvalue weighted by molar-refractivity contribution is -0.114. The Hall–Kier alpha value is -2.82. The Morgan fingerprint density at radius 2 is 1.84 bits per heavy atom. The molecule has 0 spiro atoms. The Balaban J connectivity index is 2.16. The zero-order chi connectivity index (χ0) is 18.2. The van der Waals surface area contributed by atoms with Gasteiger partial charge in [-0.25, -0.2) is 0 Å². The van der Waals surface area contributed by atoms with Gasteiger partial charge in [0.2, 0.25) is 5.91 Å². The van der Waals surface area contributed by atoms with Crippen LogP contribution in [0, 0.1) is 6.92 Å². The van der Waals surface area contributed by atoms with Crippen molar-refractivity contribution in [2.45, 2.75) is 33.6 Å². The van der Waals surface area contributed by atoms with Gasteiger partial charge in [0, 0.05) is 18.3 Å². The summed E-state index contributed by atoms with van der Waals surface area (Å²) in [6, 6.07) is 12.6. The number of hydrogen-bond donors (Lipinski definition) is 2. The number of nitrogens with one attached hydrogen (secondary N) is 2. The van der Waals surface area contributed by atoms with Gasteiger partial charge in [0.15, 0.2) is 0 Å². The topological polar surface area (TPSA) is 67.4 Å². The minimum absolute atomic E-state index is 0.152. The van der Waals surface area contributed by atoms with E-state index in [4.69, 9.17) is 4.74 Å². The summed E-state index contributed by atoms with van der Waals surface area (Å²) in [5.41, 5.74) is 2.71. The number of unbranched alkanes of at least 4 members (excludes halogenated alkanes) is 1. The van der Waals surface area contributed by atoms with Crippen LogP contribution in [0.15, 0.2) is 42.5 Å². The molecule has 0 heterocycles. The van der Waals surface area contributed by atoms with E-state index in [0.717, 1.165) is 18.4 Å². The molecular weight excluding hydrogens is 316 g/mol. The van der Waals surface area contributed by atoms with Crippen LogP contribution in [0.3, 0.4) is 0 Å². The van der Waals surface area contributed by atoms with Crippen LogP contribution in [0.25, 0.3) is 0 Å². The molecule has 0 saturated carbocycles. The van der Waals surface area contributed by atoms with Gasteiger partial charge in [-0.15, -0.1) is 0 Å². The minimum atomic E-state index is -0.246. The Morgan fingerprint density at radius 3 is 2.56 bits per heavy atom. The first-order valence-corrected chi connectivity index (χ1v) is 8.42. The van der Waals surface area contributed by atoms with Gasteiger partial charge in [-0.3, -0.25) is 9.59 Å². The predicted octanol–water partition coefficient (Wildman–Crippen LogP) is 4.38. The van der Waals surface area contributed by atoms with E-state index in [1.54, 1.807) is 30.3 Å². The van der Waals surface area contributed by atoms with E-state index in [1.165, 1.54) is 6.92 Å². The monoisotopic (exact) mass is 340 g/mol. The van der Waals surface area contributed by atoms with Gasteiger partial charge in [0.25, 0.3) is 5.91 Å². The Kier molecular flexibility index (Phi) is 6.57. The number of carbonyl (C=O) groups excluding carboxylic acids is 2. The van der Waals surface area contributed by atoms with Crippen molar-refractivity contribution < 1.29 is 14.3 Å². The average molecular weight is 340 g/mol. The highest BCUT2D eigenvalue weighted by molar-refractivity contribution is 6.06. The molecule has 0 unspecified atom stereocenters. The number of amides is 2. The molecule has 2 amide bonds. The summed E-state index contributed by atoms with van der Waals surface area (Å²) >= 11 is 0. The molecule has 0 atom stereocenters. The summed E-state index contributed by atoms with van der Waals surface area (Å²) in [4.78, 5) is 23.9. The fraction of sp³-hybridized carbons (Fsp3) is 0.300. The number of anilines is 2. The molecule has 5 nitrogen and oxygen atoms in total. The van der Waals surface area contributed by atoms with E-state index in [-0.39, 0.29) is 11.8 Å². The van der Waals surface area contributed by atoms with Gasteiger partial charge < -0.3 is 15.4 Å². The van der Waals surface area contributed by atoms with Crippen molar-refractivity contribution in [1.82, 2.24) is 0 Å². The van der Waals surface area contributed by atoms with Gasteiger partial charge in [-0.2, -0.15) is 0 Å². The lowest BCUT2D eigenvalue weighted by atomic mass is 10.1. The molecule has 132 valence electrons. The van der Waals surface area contributed by atoms with Crippen LogP contribution in [0.4, 0.5) is 11.4 Å². The van der Waals surface area contributed by atoms with Crippen LogP contribution in [-0.2, 0) is 4.79 Å². The third-order valence-corrected chi connectivity index (χ3v) is 3.69. The average Bonchev–Trinajstić information content (AvgIpc) is 2.58. The molecule has 0 radical (unpaired) electrons. The van der Waals surface area contributed by atoms with Crippen LogP contribution in [0.5, 0.6) is 5.75 Å². The molecule has 2 N–H and O–H groups in total. The summed E-state index contributed by atoms with van der Waals surface area (Å²) in [5.74, 6) is 0.175. The molecule has 2 aromatic carbocycles. The van der Waals surface area contributed by atoms with E-state index in [2.05, 4.69) is 17.6 Å². The Labute approximate surface area is 148 Å². The third-order valence-electron chi connectivity index (χ3n) is 3.69. The fourth-order valence-corrected chi connectivity index (χ4v) is 2.33. The maximum absolute atomic E-state index is 12.6. The van der Waals surface area contributed by atoms with Crippen LogP contribution < -0.4 is 15.4 Å². The molecule has 0 bridgehead atoms. The van der Waals surface area contributed by atoms with Gasteiger partial charge in [-0.1, -0.05) is 31.5 Å². The van der Waals surface area contributed by atoms with E-state index in [0.29, 0.717) is 29.3 Å². The number of carbonyl (C=O) groups is 2. The van der Waals surface area contributed by atoms with Gasteiger partial charge in [0.1, 0.15) is 5.75 Å². The summed E-state index contributed by atoms with van der Waals surface area (Å²) in [5, 5.41) is 5.62. The molecule has 0 aliphatic carbocycles. The summed E-state index contributed by atoms with van der Waals surface area (Å²) in [6.07, 6.45) is 1.97. The lowest BCUT2D eigenvalue weighted by Crippen LogP contribution is -2.14. The Bertz CT molecular complexity index is 756. The minimum Gasteiger partial charge on any atom is -0.493 e. The van der Waals surface area contributed by atoms with E-state index in [1.807, 2.05) is 19.1 Å². The number of rotatable bonds is 7. The Morgan fingerprint density at radius 1 is 1.08 bits per heavy atom. The number of hydrogen-bond acceptors (Lipinski definition) is 3. The highest BCUT2D eigenvalue weighted by atomic mass is 16.5. The van der Waals surface area contributed by atoms with Crippen LogP contribution in [-0.4, -0.2) is 18.4 Å². The van der Waals surface area contributed by atoms with Crippen LogP contribution in [0.1, 0.15) is 42.6 Å². The third kappa shape index (κ3) is 5.35. The first kappa shape index (κ1) is 18.5. The van der Waals surface area contributed by atoms with Gasteiger partial charge in [0.05, 0.1) is 12.2 Å². The second-order valence-electron chi connectivity index (χ2n) is 5.86. The zero-order valence-electron chi connectivity index (χ0n) is 14.9. The molecule has 0 aliphatic heterocycles. The molecule has 5 heteroatoms. The maximum Gasteiger partial charge on any atom is 0.259 e. The molecule has 25 heavy (non-hydrogen) atoms. The van der Waals surface area contributed by atoms with E-state index >= 15 is 0 Å². The highest BCUT2D eigenvalue weighted by Crippen LogP contribution is 2.23.